The molecule has 2 N–H and O–H groups in total. The fraction of sp³-hybridized carbons (Fsp3) is 0.233. The maximum atomic E-state index is 12.9. The Morgan fingerprint density at radius 2 is 1.86 bits per heavy atom. The fourth-order valence-electron chi connectivity index (χ4n) is 5.25. The minimum absolute atomic E-state index is 0.0166. The predicted molar refractivity (Wildman–Crippen MR) is 144 cm³/mol. The number of nitrogens with zero attached hydrogens (tertiary/aromatic N) is 2. The number of pyridine rings is 1. The number of ether oxygens (including phenoxy) is 1. The van der Waals surface area contributed by atoms with Crippen LogP contribution in [-0.2, 0) is 9.59 Å². The lowest BCUT2D eigenvalue weighted by Gasteiger charge is -2.15. The van der Waals surface area contributed by atoms with Gasteiger partial charge in [-0.1, -0.05) is 36.4 Å². The van der Waals surface area contributed by atoms with Crippen molar-refractivity contribution in [3.05, 3.63) is 90.1 Å². The van der Waals surface area contributed by atoms with E-state index in [0.717, 1.165) is 42.3 Å². The summed E-state index contributed by atoms with van der Waals surface area (Å²) in [4.78, 5) is 30.8. The average molecular weight is 493 g/mol. The van der Waals surface area contributed by atoms with Crippen LogP contribution >= 0.6 is 0 Å². The Labute approximate surface area is 215 Å². The molecule has 2 amide bonds. The topological polar surface area (TPSA) is 83.6 Å². The number of aromatic nitrogens is 1. The van der Waals surface area contributed by atoms with Gasteiger partial charge in [-0.05, 0) is 71.4 Å². The van der Waals surface area contributed by atoms with E-state index in [1.54, 1.807) is 18.3 Å². The molecule has 2 aromatic carbocycles. The van der Waals surface area contributed by atoms with Gasteiger partial charge in [-0.15, -0.1) is 0 Å². The van der Waals surface area contributed by atoms with Crippen molar-refractivity contribution in [3.8, 4) is 11.5 Å². The summed E-state index contributed by atoms with van der Waals surface area (Å²) >= 11 is 0. The molecule has 1 saturated heterocycles. The summed E-state index contributed by atoms with van der Waals surface area (Å²) in [5.41, 5.74) is 4.15. The van der Waals surface area contributed by atoms with E-state index in [0.29, 0.717) is 30.6 Å². The number of carbonyl (C=O) groups excluding carboxylic acids is 2. The summed E-state index contributed by atoms with van der Waals surface area (Å²) in [6.07, 6.45) is 8.80. The minimum atomic E-state index is -0.0527. The first-order valence-electron chi connectivity index (χ1n) is 12.7. The van der Waals surface area contributed by atoms with Crippen molar-refractivity contribution in [1.82, 2.24) is 9.88 Å². The number of amides is 2. The van der Waals surface area contributed by atoms with Crippen molar-refractivity contribution in [2.45, 2.75) is 12.8 Å². The van der Waals surface area contributed by atoms with Crippen LogP contribution in [0, 0.1) is 11.8 Å². The molecule has 37 heavy (non-hydrogen) atoms. The zero-order valence-electron chi connectivity index (χ0n) is 20.4. The molecule has 1 fully saturated rings. The number of carbonyl (C=O) groups is 2. The lowest BCUT2D eigenvalue weighted by molar-refractivity contribution is -0.125. The molecule has 3 heterocycles. The van der Waals surface area contributed by atoms with E-state index in [2.05, 4.69) is 33.8 Å². The number of hydrogen-bond acceptors (Lipinski definition) is 5. The molecule has 0 saturated carbocycles. The second kappa shape index (κ2) is 9.93. The molecule has 2 atom stereocenters. The quantitative estimate of drug-likeness (QED) is 0.478. The van der Waals surface area contributed by atoms with Crippen molar-refractivity contribution in [3.63, 3.8) is 0 Å². The standard InChI is InChI=1S/C30H28N4O3/c35-28-12-13-31-27-14-20(17-32-30(27)33-28)6-11-29(36)34-18-23-15-22(16-24(23)19-34)21-7-9-26(10-8-21)37-25-4-2-1-3-5-25/h1-11,14-15,17,23-24,31H,12-13,16,18-19H2,(H,32,33,35)/b11-6+. The number of para-hydroxylation sites is 1. The third-order valence-corrected chi connectivity index (χ3v) is 7.16. The Morgan fingerprint density at radius 3 is 2.68 bits per heavy atom. The summed E-state index contributed by atoms with van der Waals surface area (Å²) < 4.78 is 5.91. The SMILES string of the molecule is O=C1CCNc2cc(/C=C/C(=O)N3CC4C=C(c5ccc(Oc6ccccc6)cc5)CC4C3)cnc2N1. The average Bonchev–Trinajstić information content (AvgIpc) is 3.43. The van der Waals surface area contributed by atoms with Crippen LogP contribution in [0.2, 0.25) is 0 Å². The van der Waals surface area contributed by atoms with E-state index in [9.17, 15) is 9.59 Å². The minimum Gasteiger partial charge on any atom is -0.457 e. The first-order valence-corrected chi connectivity index (χ1v) is 12.7. The first-order chi connectivity index (χ1) is 18.1. The number of hydrogen-bond donors (Lipinski definition) is 2. The number of rotatable bonds is 5. The maximum absolute atomic E-state index is 12.9. The second-order valence-corrected chi connectivity index (χ2v) is 9.73. The molecule has 7 heteroatoms. The molecule has 6 rings (SSSR count). The number of anilines is 2. The number of allylic oxidation sites excluding steroid dienone is 1. The van der Waals surface area contributed by atoms with Gasteiger partial charge in [0, 0.05) is 38.3 Å². The number of likely N-dealkylation sites (tertiary alicyclic amines) is 1. The molecule has 0 spiro atoms. The Bertz CT molecular complexity index is 1380. The molecule has 0 bridgehead atoms. The summed E-state index contributed by atoms with van der Waals surface area (Å²) in [6.45, 7) is 2.06. The third-order valence-electron chi connectivity index (χ3n) is 7.16. The highest BCUT2D eigenvalue weighted by Crippen LogP contribution is 2.41. The van der Waals surface area contributed by atoms with Crippen LogP contribution in [-0.4, -0.2) is 41.3 Å². The molecule has 2 aliphatic heterocycles. The number of fused-ring (bicyclic) bond motifs is 2. The molecule has 3 aliphatic rings. The van der Waals surface area contributed by atoms with Crippen LogP contribution in [0.1, 0.15) is 24.0 Å². The van der Waals surface area contributed by atoms with Crippen molar-refractivity contribution >= 4 is 35.0 Å². The summed E-state index contributed by atoms with van der Waals surface area (Å²) in [6, 6.07) is 19.9. The van der Waals surface area contributed by atoms with E-state index in [-0.39, 0.29) is 11.8 Å². The predicted octanol–water partition coefficient (Wildman–Crippen LogP) is 5.20. The number of benzene rings is 2. The van der Waals surface area contributed by atoms with E-state index in [1.807, 2.05) is 53.4 Å². The van der Waals surface area contributed by atoms with Gasteiger partial charge in [-0.25, -0.2) is 4.98 Å². The summed E-state index contributed by atoms with van der Waals surface area (Å²) in [5.74, 6) is 2.98. The molecular weight excluding hydrogens is 464 g/mol. The lowest BCUT2D eigenvalue weighted by Crippen LogP contribution is -2.27. The van der Waals surface area contributed by atoms with Gasteiger partial charge < -0.3 is 20.3 Å². The Kier molecular flexibility index (Phi) is 6.18. The van der Waals surface area contributed by atoms with Gasteiger partial charge in [-0.3, -0.25) is 9.59 Å². The van der Waals surface area contributed by atoms with E-state index < -0.39 is 0 Å². The van der Waals surface area contributed by atoms with Crippen molar-refractivity contribution in [1.29, 1.82) is 0 Å². The van der Waals surface area contributed by atoms with E-state index >= 15 is 0 Å². The van der Waals surface area contributed by atoms with Gasteiger partial charge in [-0.2, -0.15) is 0 Å². The van der Waals surface area contributed by atoms with Gasteiger partial charge in [0.05, 0.1) is 5.69 Å². The van der Waals surface area contributed by atoms with Crippen LogP contribution in [0.4, 0.5) is 11.5 Å². The van der Waals surface area contributed by atoms with Gasteiger partial charge in [0.15, 0.2) is 5.82 Å². The molecule has 3 aromatic rings. The Balaban J connectivity index is 1.06. The Morgan fingerprint density at radius 1 is 1.05 bits per heavy atom. The fourth-order valence-corrected chi connectivity index (χ4v) is 5.25. The molecule has 186 valence electrons. The van der Waals surface area contributed by atoms with Crippen LogP contribution < -0.4 is 15.4 Å². The highest BCUT2D eigenvalue weighted by molar-refractivity contribution is 5.95. The Hall–Kier alpha value is -4.39. The normalized spacial score (nSPS) is 20.5. The van der Waals surface area contributed by atoms with Gasteiger partial charge in [0.1, 0.15) is 11.5 Å². The first kappa shape index (κ1) is 23.0. The van der Waals surface area contributed by atoms with E-state index in [1.165, 1.54) is 11.1 Å². The summed E-state index contributed by atoms with van der Waals surface area (Å²) in [7, 11) is 0. The van der Waals surface area contributed by atoms with Gasteiger partial charge in [0.25, 0.3) is 0 Å². The molecule has 2 unspecified atom stereocenters. The van der Waals surface area contributed by atoms with Crippen LogP contribution in [0.3, 0.4) is 0 Å². The molecule has 1 aromatic heterocycles. The van der Waals surface area contributed by atoms with Crippen LogP contribution in [0.15, 0.2) is 79.0 Å². The van der Waals surface area contributed by atoms with Crippen LogP contribution in [0.25, 0.3) is 11.6 Å². The van der Waals surface area contributed by atoms with Gasteiger partial charge in [0.2, 0.25) is 11.8 Å². The third kappa shape index (κ3) is 5.11. The molecule has 1 aliphatic carbocycles. The maximum Gasteiger partial charge on any atom is 0.246 e. The largest absolute Gasteiger partial charge is 0.457 e. The number of nitrogens with one attached hydrogen (secondary N) is 2. The zero-order chi connectivity index (χ0) is 25.2. The van der Waals surface area contributed by atoms with Crippen molar-refractivity contribution < 1.29 is 14.3 Å². The molecular formula is C30H28N4O3. The van der Waals surface area contributed by atoms with Crippen molar-refractivity contribution in [2.24, 2.45) is 11.8 Å². The van der Waals surface area contributed by atoms with E-state index in [4.69, 9.17) is 4.74 Å². The molecule has 0 radical (unpaired) electrons. The lowest BCUT2D eigenvalue weighted by atomic mass is 9.98. The monoisotopic (exact) mass is 492 g/mol. The van der Waals surface area contributed by atoms with Crippen molar-refractivity contribution in [2.75, 3.05) is 30.3 Å². The molecule has 7 nitrogen and oxygen atoms in total. The summed E-state index contributed by atoms with van der Waals surface area (Å²) in [5, 5.41) is 5.99. The second-order valence-electron chi connectivity index (χ2n) is 9.73. The van der Waals surface area contributed by atoms with Crippen LogP contribution in [0.5, 0.6) is 11.5 Å². The highest BCUT2D eigenvalue weighted by Gasteiger charge is 2.37. The zero-order valence-corrected chi connectivity index (χ0v) is 20.4. The highest BCUT2D eigenvalue weighted by atomic mass is 16.5. The smallest absolute Gasteiger partial charge is 0.246 e. The van der Waals surface area contributed by atoms with Gasteiger partial charge >= 0.3 is 0 Å².